The molecule has 1 aromatic heterocycles. The number of nitrogens with zero attached hydrogens (tertiary/aromatic N) is 2. The number of hydrogen-bond acceptors (Lipinski definition) is 5. The Morgan fingerprint density at radius 2 is 2.05 bits per heavy atom. The molecule has 4 nitrogen and oxygen atoms in total. The van der Waals surface area contributed by atoms with Crippen LogP contribution in [0.1, 0.15) is 33.4 Å². The number of aliphatic hydroxyl groups is 1. The van der Waals surface area contributed by atoms with Gasteiger partial charge >= 0.3 is 0 Å². The number of ether oxygens (including phenoxy) is 1. The predicted octanol–water partition coefficient (Wildman–Crippen LogP) is 2.14. The van der Waals surface area contributed by atoms with Gasteiger partial charge in [-0.05, 0) is 34.7 Å². The number of aromatic nitrogens is 1. The Hall–Kier alpha value is -0.490. The maximum atomic E-state index is 10.5. The van der Waals surface area contributed by atoms with Crippen LogP contribution in [-0.2, 0) is 11.3 Å². The fraction of sp³-hybridized carbons (Fsp3) is 0.786. The van der Waals surface area contributed by atoms with Crippen LogP contribution >= 0.6 is 11.3 Å². The third-order valence-electron chi connectivity index (χ3n) is 3.94. The molecule has 2 heterocycles. The van der Waals surface area contributed by atoms with E-state index in [2.05, 4.69) is 36.2 Å². The number of hydrogen-bond donors (Lipinski definition) is 1. The van der Waals surface area contributed by atoms with Gasteiger partial charge in [-0.1, -0.05) is 0 Å². The lowest BCUT2D eigenvalue weighted by atomic mass is 9.84. The number of thiazole rings is 1. The molecule has 5 heteroatoms. The van der Waals surface area contributed by atoms with E-state index in [1.165, 1.54) is 0 Å². The van der Waals surface area contributed by atoms with Crippen molar-refractivity contribution in [1.82, 2.24) is 9.88 Å². The van der Waals surface area contributed by atoms with E-state index in [1.807, 2.05) is 19.4 Å². The highest BCUT2D eigenvalue weighted by atomic mass is 32.1. The zero-order valence-electron chi connectivity index (χ0n) is 12.4. The van der Waals surface area contributed by atoms with Crippen LogP contribution < -0.4 is 0 Å². The molecule has 0 radical (unpaired) electrons. The zero-order valence-corrected chi connectivity index (χ0v) is 13.2. The first-order chi connectivity index (χ1) is 8.72. The highest BCUT2D eigenvalue weighted by Crippen LogP contribution is 2.42. The van der Waals surface area contributed by atoms with Crippen molar-refractivity contribution < 1.29 is 9.84 Å². The fourth-order valence-electron chi connectivity index (χ4n) is 2.99. The van der Waals surface area contributed by atoms with Gasteiger partial charge < -0.3 is 14.7 Å². The van der Waals surface area contributed by atoms with Gasteiger partial charge in [-0.25, -0.2) is 4.98 Å². The summed E-state index contributed by atoms with van der Waals surface area (Å²) in [5.74, 6) is 0.103. The van der Waals surface area contributed by atoms with E-state index in [9.17, 15) is 5.11 Å². The maximum Gasteiger partial charge on any atom is 0.0896 e. The van der Waals surface area contributed by atoms with Gasteiger partial charge in [0.25, 0.3) is 0 Å². The Labute approximate surface area is 119 Å². The van der Waals surface area contributed by atoms with Gasteiger partial charge in [0.2, 0.25) is 0 Å². The van der Waals surface area contributed by atoms with Crippen molar-refractivity contribution in [3.8, 4) is 0 Å². The van der Waals surface area contributed by atoms with Gasteiger partial charge in [0.1, 0.15) is 0 Å². The summed E-state index contributed by atoms with van der Waals surface area (Å²) >= 11 is 1.61. The molecule has 2 rings (SSSR count). The molecule has 108 valence electrons. The third kappa shape index (κ3) is 3.16. The Balaban J connectivity index is 2.01. The summed E-state index contributed by atoms with van der Waals surface area (Å²) in [6.45, 7) is 9.65. The summed E-state index contributed by atoms with van der Waals surface area (Å²) < 4.78 is 6.01. The highest BCUT2D eigenvalue weighted by molar-refractivity contribution is 7.07. The van der Waals surface area contributed by atoms with Crippen molar-refractivity contribution in [3.63, 3.8) is 0 Å². The van der Waals surface area contributed by atoms with Crippen LogP contribution in [0.15, 0.2) is 10.9 Å². The Kier molecular flexibility index (Phi) is 4.02. The molecule has 1 aromatic rings. The summed E-state index contributed by atoms with van der Waals surface area (Å²) in [6, 6.07) is 0. The molecule has 19 heavy (non-hydrogen) atoms. The van der Waals surface area contributed by atoms with Gasteiger partial charge in [0.15, 0.2) is 0 Å². The van der Waals surface area contributed by atoms with E-state index in [-0.39, 0.29) is 11.5 Å². The molecule has 2 atom stereocenters. The van der Waals surface area contributed by atoms with Gasteiger partial charge in [0.05, 0.1) is 28.5 Å². The van der Waals surface area contributed by atoms with E-state index in [4.69, 9.17) is 4.74 Å². The molecule has 1 saturated heterocycles. The van der Waals surface area contributed by atoms with Crippen molar-refractivity contribution >= 4 is 11.3 Å². The minimum absolute atomic E-state index is 0.103. The van der Waals surface area contributed by atoms with Gasteiger partial charge in [0, 0.05) is 24.4 Å². The van der Waals surface area contributed by atoms with E-state index < -0.39 is 11.7 Å². The molecule has 0 spiro atoms. The quantitative estimate of drug-likeness (QED) is 0.920. The van der Waals surface area contributed by atoms with Crippen LogP contribution in [0.25, 0.3) is 0 Å². The van der Waals surface area contributed by atoms with Crippen molar-refractivity contribution in [1.29, 1.82) is 0 Å². The first-order valence-electron chi connectivity index (χ1n) is 6.66. The molecular formula is C14H24N2O2S. The van der Waals surface area contributed by atoms with Crippen LogP contribution in [0.2, 0.25) is 0 Å². The van der Waals surface area contributed by atoms with Crippen LogP contribution in [0.4, 0.5) is 0 Å². The summed E-state index contributed by atoms with van der Waals surface area (Å²) in [5, 5.41) is 12.5. The summed E-state index contributed by atoms with van der Waals surface area (Å²) in [6.07, 6.45) is -0.444. The van der Waals surface area contributed by atoms with Crippen molar-refractivity contribution in [2.45, 2.75) is 51.5 Å². The average Bonchev–Trinajstić information content (AvgIpc) is 2.80. The first-order valence-corrected chi connectivity index (χ1v) is 7.60. The van der Waals surface area contributed by atoms with Gasteiger partial charge in [-0.3, -0.25) is 0 Å². The predicted molar refractivity (Wildman–Crippen MR) is 77.2 cm³/mol. The molecule has 0 aromatic carbocycles. The van der Waals surface area contributed by atoms with E-state index in [0.29, 0.717) is 0 Å². The number of aliphatic hydroxyl groups excluding tert-OH is 1. The lowest BCUT2D eigenvalue weighted by Gasteiger charge is -2.30. The maximum absolute atomic E-state index is 10.5. The Morgan fingerprint density at radius 3 is 2.53 bits per heavy atom. The molecule has 0 saturated carbocycles. The molecule has 1 fully saturated rings. The summed E-state index contributed by atoms with van der Waals surface area (Å²) in [5.41, 5.74) is 2.15. The van der Waals surface area contributed by atoms with E-state index >= 15 is 0 Å². The van der Waals surface area contributed by atoms with Gasteiger partial charge in [-0.15, -0.1) is 11.3 Å². The second kappa shape index (κ2) is 5.13. The van der Waals surface area contributed by atoms with Crippen LogP contribution in [0.5, 0.6) is 0 Å². The zero-order chi connectivity index (χ0) is 14.3. The van der Waals surface area contributed by atoms with E-state index in [1.54, 1.807) is 11.3 Å². The standard InChI is InChI=1S/C14H24N2O2S/c1-13(2)11(12(17)14(3,4)18-13)7-16(5)6-10-8-19-9-15-10/h8-9,11-12,17H,6-7H2,1-5H3. The van der Waals surface area contributed by atoms with Crippen molar-refractivity contribution in [3.05, 3.63) is 16.6 Å². The average molecular weight is 284 g/mol. The fourth-order valence-corrected chi connectivity index (χ4v) is 3.54. The minimum Gasteiger partial charge on any atom is -0.390 e. The molecule has 1 aliphatic rings. The molecule has 1 N–H and O–H groups in total. The Bertz CT molecular complexity index is 417. The summed E-state index contributed by atoms with van der Waals surface area (Å²) in [4.78, 5) is 6.50. The normalized spacial score (nSPS) is 29.0. The molecule has 0 aliphatic carbocycles. The van der Waals surface area contributed by atoms with Crippen molar-refractivity contribution in [2.24, 2.45) is 5.92 Å². The van der Waals surface area contributed by atoms with Crippen LogP contribution in [0, 0.1) is 5.92 Å². The molecular weight excluding hydrogens is 260 g/mol. The second-order valence-electron chi connectivity index (χ2n) is 6.54. The molecule has 2 unspecified atom stereocenters. The topological polar surface area (TPSA) is 45.6 Å². The van der Waals surface area contributed by atoms with Crippen LogP contribution in [0.3, 0.4) is 0 Å². The lowest BCUT2D eigenvalue weighted by molar-refractivity contribution is -0.0913. The van der Waals surface area contributed by atoms with Crippen LogP contribution in [-0.4, -0.2) is 45.9 Å². The second-order valence-corrected chi connectivity index (χ2v) is 7.26. The summed E-state index contributed by atoms with van der Waals surface area (Å²) in [7, 11) is 2.06. The lowest BCUT2D eigenvalue weighted by Crippen LogP contribution is -2.42. The third-order valence-corrected chi connectivity index (χ3v) is 4.57. The monoisotopic (exact) mass is 284 g/mol. The van der Waals surface area contributed by atoms with E-state index in [0.717, 1.165) is 18.8 Å². The SMILES string of the molecule is CN(Cc1cscn1)CC1C(O)C(C)(C)OC1(C)C. The highest BCUT2D eigenvalue weighted by Gasteiger charge is 2.53. The molecule has 1 aliphatic heterocycles. The van der Waals surface area contributed by atoms with Gasteiger partial charge in [-0.2, -0.15) is 0 Å². The number of rotatable bonds is 4. The smallest absolute Gasteiger partial charge is 0.0896 e. The molecule has 0 amide bonds. The molecule has 0 bridgehead atoms. The largest absolute Gasteiger partial charge is 0.390 e. The minimum atomic E-state index is -0.477. The Morgan fingerprint density at radius 1 is 1.37 bits per heavy atom. The van der Waals surface area contributed by atoms with Crippen molar-refractivity contribution in [2.75, 3.05) is 13.6 Å². The first kappa shape index (κ1) is 14.9.